The maximum Gasteiger partial charge on any atom is 0.224 e. The Morgan fingerprint density at radius 2 is 2.00 bits per heavy atom. The first-order valence-electron chi connectivity index (χ1n) is 8.99. The fourth-order valence-corrected chi connectivity index (χ4v) is 3.41. The van der Waals surface area contributed by atoms with Crippen LogP contribution >= 0.6 is 11.6 Å². The third-order valence-electron chi connectivity index (χ3n) is 4.45. The fourth-order valence-electron chi connectivity index (χ4n) is 3.22. The predicted octanol–water partition coefficient (Wildman–Crippen LogP) is 4.34. The molecule has 0 fully saturated rings. The first kappa shape index (κ1) is 18.4. The van der Waals surface area contributed by atoms with Crippen molar-refractivity contribution in [3.8, 4) is 11.3 Å². The van der Waals surface area contributed by atoms with Crippen molar-refractivity contribution in [2.75, 3.05) is 19.0 Å². The summed E-state index contributed by atoms with van der Waals surface area (Å²) in [5.41, 5.74) is 3.68. The lowest BCUT2D eigenvalue weighted by Gasteiger charge is -2.18. The molecule has 3 heterocycles. The van der Waals surface area contributed by atoms with Crippen LogP contribution in [0.2, 0.25) is 5.15 Å². The van der Waals surface area contributed by atoms with Crippen LogP contribution < -0.4 is 5.32 Å². The molecule has 0 saturated carbocycles. The summed E-state index contributed by atoms with van der Waals surface area (Å²) < 4.78 is 5.37. The van der Waals surface area contributed by atoms with Crippen molar-refractivity contribution in [1.29, 1.82) is 0 Å². The van der Waals surface area contributed by atoms with Gasteiger partial charge in [0.05, 0.1) is 18.3 Å². The Labute approximate surface area is 168 Å². The SMILES string of the molecule is COCC(Cc1ccccc1)Nc1nc(Cl)cc(-c2c[nH]c3ncccc23)n1. The number of fused-ring (bicyclic) bond motifs is 1. The van der Waals surface area contributed by atoms with Gasteiger partial charge < -0.3 is 15.0 Å². The van der Waals surface area contributed by atoms with E-state index in [1.54, 1.807) is 19.4 Å². The smallest absolute Gasteiger partial charge is 0.224 e. The van der Waals surface area contributed by atoms with Gasteiger partial charge in [-0.3, -0.25) is 0 Å². The predicted molar refractivity (Wildman–Crippen MR) is 112 cm³/mol. The minimum absolute atomic E-state index is 0.0170. The van der Waals surface area contributed by atoms with E-state index < -0.39 is 0 Å². The Bertz CT molecular complexity index is 1070. The molecule has 142 valence electrons. The van der Waals surface area contributed by atoms with Gasteiger partial charge in [0, 0.05) is 36.5 Å². The Kier molecular flexibility index (Phi) is 5.50. The normalized spacial score (nSPS) is 12.2. The highest BCUT2D eigenvalue weighted by atomic mass is 35.5. The van der Waals surface area contributed by atoms with Gasteiger partial charge >= 0.3 is 0 Å². The van der Waals surface area contributed by atoms with Crippen molar-refractivity contribution in [2.45, 2.75) is 12.5 Å². The molecule has 0 aliphatic carbocycles. The number of methoxy groups -OCH3 is 1. The van der Waals surface area contributed by atoms with Gasteiger partial charge in [-0.1, -0.05) is 41.9 Å². The number of benzene rings is 1. The zero-order valence-corrected chi connectivity index (χ0v) is 16.1. The summed E-state index contributed by atoms with van der Waals surface area (Å²) in [5.74, 6) is 0.471. The number of nitrogens with zero attached hydrogens (tertiary/aromatic N) is 3. The molecule has 6 nitrogen and oxygen atoms in total. The monoisotopic (exact) mass is 393 g/mol. The van der Waals surface area contributed by atoms with Gasteiger partial charge in [-0.15, -0.1) is 0 Å². The number of H-pyrrole nitrogens is 1. The highest BCUT2D eigenvalue weighted by molar-refractivity contribution is 6.29. The molecule has 0 aliphatic heterocycles. The zero-order chi connectivity index (χ0) is 19.3. The number of pyridine rings is 1. The molecule has 0 amide bonds. The number of halogens is 1. The molecule has 1 aromatic carbocycles. The molecule has 0 saturated heterocycles. The second kappa shape index (κ2) is 8.37. The summed E-state index contributed by atoms with van der Waals surface area (Å²) >= 11 is 6.29. The first-order chi connectivity index (χ1) is 13.7. The summed E-state index contributed by atoms with van der Waals surface area (Å²) in [4.78, 5) is 16.5. The minimum atomic E-state index is 0.0170. The number of nitrogens with one attached hydrogen (secondary N) is 2. The second-order valence-electron chi connectivity index (χ2n) is 6.49. The molecule has 3 aromatic heterocycles. The first-order valence-corrected chi connectivity index (χ1v) is 9.37. The second-order valence-corrected chi connectivity index (χ2v) is 6.88. The Morgan fingerprint density at radius 3 is 2.82 bits per heavy atom. The van der Waals surface area contributed by atoms with Crippen LogP contribution in [0.4, 0.5) is 5.95 Å². The van der Waals surface area contributed by atoms with Crippen LogP contribution in [-0.2, 0) is 11.2 Å². The third-order valence-corrected chi connectivity index (χ3v) is 4.64. The molecule has 0 spiro atoms. The maximum absolute atomic E-state index is 6.29. The van der Waals surface area contributed by atoms with Crippen molar-refractivity contribution < 1.29 is 4.74 Å². The molecule has 0 radical (unpaired) electrons. The number of aromatic amines is 1. The average molecular weight is 394 g/mol. The van der Waals surface area contributed by atoms with Crippen molar-refractivity contribution in [3.63, 3.8) is 0 Å². The van der Waals surface area contributed by atoms with Gasteiger partial charge in [0.25, 0.3) is 0 Å². The van der Waals surface area contributed by atoms with Crippen LogP contribution in [0.3, 0.4) is 0 Å². The van der Waals surface area contributed by atoms with Crippen LogP contribution in [0.5, 0.6) is 0 Å². The van der Waals surface area contributed by atoms with Crippen LogP contribution in [0, 0.1) is 0 Å². The largest absolute Gasteiger partial charge is 0.383 e. The Morgan fingerprint density at radius 1 is 1.14 bits per heavy atom. The van der Waals surface area contributed by atoms with Crippen LogP contribution in [0.25, 0.3) is 22.3 Å². The van der Waals surface area contributed by atoms with Crippen LogP contribution in [0.15, 0.2) is 60.9 Å². The number of aromatic nitrogens is 4. The summed E-state index contributed by atoms with van der Waals surface area (Å²) in [6, 6.07) is 15.9. The molecule has 7 heteroatoms. The van der Waals surface area contributed by atoms with E-state index in [2.05, 4.69) is 37.4 Å². The molecular weight excluding hydrogens is 374 g/mol. The molecule has 0 bridgehead atoms. The topological polar surface area (TPSA) is 75.7 Å². The minimum Gasteiger partial charge on any atom is -0.383 e. The Balaban J connectivity index is 1.62. The lowest BCUT2D eigenvalue weighted by molar-refractivity contribution is 0.185. The molecule has 4 aromatic rings. The van der Waals surface area contributed by atoms with Crippen LogP contribution in [0.1, 0.15) is 5.56 Å². The van der Waals surface area contributed by atoms with E-state index in [4.69, 9.17) is 16.3 Å². The number of ether oxygens (including phenoxy) is 1. The van der Waals surface area contributed by atoms with E-state index in [1.807, 2.05) is 36.5 Å². The fraction of sp³-hybridized carbons (Fsp3) is 0.190. The van der Waals surface area contributed by atoms with Crippen molar-refractivity contribution >= 4 is 28.6 Å². The number of hydrogen-bond acceptors (Lipinski definition) is 5. The maximum atomic E-state index is 6.29. The summed E-state index contributed by atoms with van der Waals surface area (Å²) in [5, 5.41) is 4.73. The number of hydrogen-bond donors (Lipinski definition) is 2. The van der Waals surface area contributed by atoms with Crippen molar-refractivity contribution in [3.05, 3.63) is 71.6 Å². The summed E-state index contributed by atoms with van der Waals surface area (Å²) in [6.45, 7) is 0.525. The highest BCUT2D eigenvalue weighted by Crippen LogP contribution is 2.28. The molecule has 1 unspecified atom stereocenters. The molecule has 2 N–H and O–H groups in total. The van der Waals surface area contributed by atoms with E-state index >= 15 is 0 Å². The van der Waals surface area contributed by atoms with E-state index in [0.29, 0.717) is 17.7 Å². The van der Waals surface area contributed by atoms with E-state index in [0.717, 1.165) is 28.7 Å². The molecule has 0 aliphatic rings. The van der Waals surface area contributed by atoms with E-state index in [9.17, 15) is 0 Å². The molecule has 4 rings (SSSR count). The molecular formula is C21H20ClN5O. The van der Waals surface area contributed by atoms with Gasteiger partial charge in [0.1, 0.15) is 10.8 Å². The lowest BCUT2D eigenvalue weighted by Crippen LogP contribution is -2.28. The number of anilines is 1. The average Bonchev–Trinajstić information content (AvgIpc) is 3.13. The van der Waals surface area contributed by atoms with E-state index in [-0.39, 0.29) is 6.04 Å². The summed E-state index contributed by atoms with van der Waals surface area (Å²) in [7, 11) is 1.68. The van der Waals surface area contributed by atoms with Crippen LogP contribution in [-0.4, -0.2) is 39.7 Å². The summed E-state index contributed by atoms with van der Waals surface area (Å²) in [6.07, 6.45) is 4.43. The molecule has 28 heavy (non-hydrogen) atoms. The number of rotatable bonds is 7. The quantitative estimate of drug-likeness (QED) is 0.457. The highest BCUT2D eigenvalue weighted by Gasteiger charge is 2.15. The van der Waals surface area contributed by atoms with Gasteiger partial charge in [-0.05, 0) is 24.1 Å². The van der Waals surface area contributed by atoms with Crippen molar-refractivity contribution in [1.82, 2.24) is 19.9 Å². The molecule has 1 atom stereocenters. The third kappa shape index (κ3) is 4.13. The standard InChI is InChI=1S/C21H20ClN5O/c1-28-13-15(10-14-6-3-2-4-7-14)25-21-26-18(11-19(22)27-21)17-12-24-20-16(17)8-5-9-23-20/h2-9,11-12,15H,10,13H2,1H3,(H,23,24)(H,25,26,27). The Hall–Kier alpha value is -2.96. The van der Waals surface area contributed by atoms with Gasteiger partial charge in [-0.2, -0.15) is 0 Å². The zero-order valence-electron chi connectivity index (χ0n) is 15.4. The van der Waals surface area contributed by atoms with Gasteiger partial charge in [0.15, 0.2) is 0 Å². The van der Waals surface area contributed by atoms with Gasteiger partial charge in [-0.25, -0.2) is 15.0 Å². The lowest BCUT2D eigenvalue weighted by atomic mass is 10.1. The van der Waals surface area contributed by atoms with Gasteiger partial charge in [0.2, 0.25) is 5.95 Å². The van der Waals surface area contributed by atoms with E-state index in [1.165, 1.54) is 5.56 Å². The van der Waals surface area contributed by atoms with Crippen molar-refractivity contribution in [2.24, 2.45) is 0 Å².